The predicted molar refractivity (Wildman–Crippen MR) is 81.3 cm³/mol. The molecule has 0 aromatic heterocycles. The van der Waals surface area contributed by atoms with Crippen molar-refractivity contribution in [1.29, 1.82) is 0 Å². The van der Waals surface area contributed by atoms with Crippen molar-refractivity contribution in [3.8, 4) is 0 Å². The first-order chi connectivity index (χ1) is 9.31. The van der Waals surface area contributed by atoms with E-state index in [0.29, 0.717) is 19.6 Å². The van der Waals surface area contributed by atoms with Gasteiger partial charge in [0.05, 0.1) is 13.1 Å². The van der Waals surface area contributed by atoms with Gasteiger partial charge in [-0.3, -0.25) is 9.89 Å². The van der Waals surface area contributed by atoms with E-state index in [2.05, 4.69) is 29.2 Å². The average molecular weight is 284 g/mol. The topological polar surface area (TPSA) is 57.2 Å². The van der Waals surface area contributed by atoms with Crippen LogP contribution in [0.2, 0.25) is 0 Å². The highest BCUT2D eigenvalue weighted by Crippen LogP contribution is 2.10. The van der Waals surface area contributed by atoms with Crippen LogP contribution in [0.5, 0.6) is 0 Å². The van der Waals surface area contributed by atoms with Crippen molar-refractivity contribution in [1.82, 2.24) is 15.1 Å². The highest BCUT2D eigenvalue weighted by atomic mass is 16.6. The van der Waals surface area contributed by atoms with E-state index < -0.39 is 5.60 Å². The summed E-state index contributed by atoms with van der Waals surface area (Å²) in [6, 6.07) is 0. The summed E-state index contributed by atoms with van der Waals surface area (Å²) in [4.78, 5) is 20.3. The zero-order chi connectivity index (χ0) is 15.2. The summed E-state index contributed by atoms with van der Waals surface area (Å²) in [7, 11) is 2.08. The number of ether oxygens (including phenoxy) is 1. The average Bonchev–Trinajstić information content (AvgIpc) is 2.37. The van der Waals surface area contributed by atoms with E-state index in [-0.39, 0.29) is 6.09 Å². The first-order valence-electron chi connectivity index (χ1n) is 7.25. The Balaban J connectivity index is 2.38. The number of amidine groups is 1. The van der Waals surface area contributed by atoms with Gasteiger partial charge in [0, 0.05) is 19.6 Å². The Morgan fingerprint density at radius 2 is 2.20 bits per heavy atom. The number of aliphatic imine (C=N–C) groups is 1. The van der Waals surface area contributed by atoms with Crippen molar-refractivity contribution in [2.24, 2.45) is 4.99 Å². The second-order valence-corrected chi connectivity index (χ2v) is 6.05. The van der Waals surface area contributed by atoms with Crippen molar-refractivity contribution in [2.75, 3.05) is 46.3 Å². The minimum Gasteiger partial charge on any atom is -0.444 e. The smallest absolute Gasteiger partial charge is 0.410 e. The molecule has 0 fully saturated rings. The predicted octanol–water partition coefficient (Wildman–Crippen LogP) is 1.18. The number of hydrogen-bond acceptors (Lipinski definition) is 5. The summed E-state index contributed by atoms with van der Waals surface area (Å²) in [6.45, 7) is 12.3. The normalized spacial score (nSPS) is 16.1. The lowest BCUT2D eigenvalue weighted by Crippen LogP contribution is -2.48. The molecular formula is C14H28N4O2. The van der Waals surface area contributed by atoms with Gasteiger partial charge in [0.15, 0.2) is 0 Å². The maximum Gasteiger partial charge on any atom is 0.410 e. The Hall–Kier alpha value is -1.30. The maximum absolute atomic E-state index is 12.0. The molecule has 0 bridgehead atoms. The number of carbonyl (C=O) groups excluding carboxylic acids is 1. The minimum absolute atomic E-state index is 0.266. The van der Waals surface area contributed by atoms with Crippen molar-refractivity contribution >= 4 is 11.9 Å². The molecule has 0 saturated carbocycles. The summed E-state index contributed by atoms with van der Waals surface area (Å²) >= 11 is 0. The van der Waals surface area contributed by atoms with Crippen LogP contribution in [-0.4, -0.2) is 73.6 Å². The van der Waals surface area contributed by atoms with Gasteiger partial charge in [-0.2, -0.15) is 0 Å². The van der Waals surface area contributed by atoms with Crippen molar-refractivity contribution < 1.29 is 9.53 Å². The molecule has 20 heavy (non-hydrogen) atoms. The van der Waals surface area contributed by atoms with Crippen molar-refractivity contribution in [2.45, 2.75) is 33.3 Å². The summed E-state index contributed by atoms with van der Waals surface area (Å²) in [6.07, 6.45) is -0.266. The SMILES string of the molecule is CCN(C)CCNC1=NCCN(C(=O)OC(C)(C)C)C1. The Labute approximate surface area is 122 Å². The van der Waals surface area contributed by atoms with Crippen LogP contribution >= 0.6 is 0 Å². The molecule has 1 heterocycles. The fraction of sp³-hybridized carbons (Fsp3) is 0.857. The van der Waals surface area contributed by atoms with Gasteiger partial charge in [-0.1, -0.05) is 6.92 Å². The van der Waals surface area contributed by atoms with Crippen LogP contribution < -0.4 is 5.32 Å². The largest absolute Gasteiger partial charge is 0.444 e. The summed E-state index contributed by atoms with van der Waals surface area (Å²) in [5, 5.41) is 3.29. The number of likely N-dealkylation sites (N-methyl/N-ethyl adjacent to an activating group) is 1. The standard InChI is InChI=1S/C14H28N4O2/c1-6-17(5)9-7-15-12-11-18(10-8-16-12)13(19)20-14(2,3)4/h6-11H2,1-5H3,(H,15,16). The summed E-state index contributed by atoms with van der Waals surface area (Å²) < 4.78 is 5.38. The highest BCUT2D eigenvalue weighted by molar-refractivity contribution is 5.87. The molecule has 1 aliphatic rings. The Bertz CT molecular complexity index is 350. The number of hydrogen-bond donors (Lipinski definition) is 1. The van der Waals surface area contributed by atoms with Gasteiger partial charge >= 0.3 is 6.09 Å². The molecule has 6 nitrogen and oxygen atoms in total. The van der Waals surface area contributed by atoms with Gasteiger partial charge in [0.1, 0.15) is 11.4 Å². The summed E-state index contributed by atoms with van der Waals surface area (Å²) in [5.41, 5.74) is -0.455. The Morgan fingerprint density at radius 3 is 2.80 bits per heavy atom. The number of nitrogens with one attached hydrogen (secondary N) is 1. The quantitative estimate of drug-likeness (QED) is 0.842. The molecule has 0 aromatic carbocycles. The first-order valence-corrected chi connectivity index (χ1v) is 7.25. The maximum atomic E-state index is 12.0. The third-order valence-corrected chi connectivity index (χ3v) is 3.03. The molecule has 1 amide bonds. The molecular weight excluding hydrogens is 256 g/mol. The van der Waals surface area contributed by atoms with Gasteiger partial charge in [-0.05, 0) is 34.4 Å². The number of rotatable bonds is 4. The van der Waals surface area contributed by atoms with Crippen LogP contribution in [0.25, 0.3) is 0 Å². The van der Waals surface area contributed by atoms with E-state index in [1.54, 1.807) is 4.90 Å². The Morgan fingerprint density at radius 1 is 1.50 bits per heavy atom. The third-order valence-electron chi connectivity index (χ3n) is 3.03. The lowest BCUT2D eigenvalue weighted by atomic mass is 10.2. The molecule has 0 unspecified atom stereocenters. The van der Waals surface area contributed by atoms with Crippen LogP contribution in [0.1, 0.15) is 27.7 Å². The second kappa shape index (κ2) is 7.47. The number of nitrogens with zero attached hydrogens (tertiary/aromatic N) is 3. The zero-order valence-corrected chi connectivity index (χ0v) is 13.4. The molecule has 0 aliphatic carbocycles. The van der Waals surface area contributed by atoms with E-state index in [0.717, 1.165) is 25.5 Å². The van der Waals surface area contributed by atoms with E-state index in [1.165, 1.54) is 0 Å². The monoisotopic (exact) mass is 284 g/mol. The fourth-order valence-corrected chi connectivity index (χ4v) is 1.76. The molecule has 0 saturated heterocycles. The second-order valence-electron chi connectivity index (χ2n) is 6.05. The molecule has 0 aromatic rings. The lowest BCUT2D eigenvalue weighted by molar-refractivity contribution is 0.0276. The van der Waals surface area contributed by atoms with Crippen LogP contribution in [0.4, 0.5) is 4.79 Å². The van der Waals surface area contributed by atoms with Crippen LogP contribution in [0, 0.1) is 0 Å². The molecule has 1 rings (SSSR count). The van der Waals surface area contributed by atoms with Gasteiger partial charge < -0.3 is 15.0 Å². The van der Waals surface area contributed by atoms with Gasteiger partial charge in [0.25, 0.3) is 0 Å². The molecule has 1 N–H and O–H groups in total. The van der Waals surface area contributed by atoms with Crippen molar-refractivity contribution in [3.05, 3.63) is 0 Å². The van der Waals surface area contributed by atoms with Crippen molar-refractivity contribution in [3.63, 3.8) is 0 Å². The zero-order valence-electron chi connectivity index (χ0n) is 13.4. The Kier molecular flexibility index (Phi) is 6.26. The van der Waals surface area contributed by atoms with Crippen LogP contribution in [-0.2, 0) is 4.74 Å². The van der Waals surface area contributed by atoms with Gasteiger partial charge in [-0.15, -0.1) is 0 Å². The van der Waals surface area contributed by atoms with E-state index in [4.69, 9.17) is 4.74 Å². The van der Waals surface area contributed by atoms with Crippen LogP contribution in [0.3, 0.4) is 0 Å². The molecule has 0 radical (unpaired) electrons. The lowest BCUT2D eigenvalue weighted by Gasteiger charge is -2.30. The van der Waals surface area contributed by atoms with E-state index >= 15 is 0 Å². The minimum atomic E-state index is -0.455. The van der Waals surface area contributed by atoms with Gasteiger partial charge in [-0.25, -0.2) is 4.79 Å². The number of carbonyl (C=O) groups is 1. The number of amides is 1. The molecule has 6 heteroatoms. The molecule has 1 aliphatic heterocycles. The molecule has 116 valence electrons. The van der Waals surface area contributed by atoms with E-state index in [1.807, 2.05) is 20.8 Å². The third kappa shape index (κ3) is 6.23. The van der Waals surface area contributed by atoms with Crippen LogP contribution in [0.15, 0.2) is 4.99 Å². The molecule has 0 atom stereocenters. The molecule has 0 spiro atoms. The highest BCUT2D eigenvalue weighted by Gasteiger charge is 2.24. The first kappa shape index (κ1) is 16.8. The van der Waals surface area contributed by atoms with E-state index in [9.17, 15) is 4.79 Å². The fourth-order valence-electron chi connectivity index (χ4n) is 1.76. The van der Waals surface area contributed by atoms with Gasteiger partial charge in [0.2, 0.25) is 0 Å². The summed E-state index contributed by atoms with van der Waals surface area (Å²) in [5.74, 6) is 0.867.